The van der Waals surface area contributed by atoms with Crippen LogP contribution in [-0.2, 0) is 5.60 Å². The van der Waals surface area contributed by atoms with E-state index < -0.39 is 5.60 Å². The van der Waals surface area contributed by atoms with Crippen LogP contribution in [0.3, 0.4) is 0 Å². The molecule has 0 aliphatic heterocycles. The number of halogens is 1. The Labute approximate surface area is 115 Å². The summed E-state index contributed by atoms with van der Waals surface area (Å²) in [5.74, 6) is -0.230. The van der Waals surface area contributed by atoms with Crippen molar-refractivity contribution < 1.29 is 9.50 Å². The van der Waals surface area contributed by atoms with Gasteiger partial charge in [0.15, 0.2) is 0 Å². The first kappa shape index (κ1) is 14.5. The van der Waals surface area contributed by atoms with E-state index in [2.05, 4.69) is 27.7 Å². The third-order valence-corrected chi connectivity index (χ3v) is 4.21. The van der Waals surface area contributed by atoms with Crippen LogP contribution in [0.25, 0.3) is 0 Å². The van der Waals surface area contributed by atoms with E-state index in [4.69, 9.17) is 0 Å². The van der Waals surface area contributed by atoms with E-state index in [0.717, 1.165) is 12.0 Å². The van der Waals surface area contributed by atoms with Crippen molar-refractivity contribution in [1.29, 1.82) is 0 Å². The molecule has 1 aromatic rings. The zero-order chi connectivity index (χ0) is 14.5. The van der Waals surface area contributed by atoms with Crippen molar-refractivity contribution in [3.63, 3.8) is 0 Å². The topological polar surface area (TPSA) is 20.2 Å². The first-order valence-electron chi connectivity index (χ1n) is 7.02. The van der Waals surface area contributed by atoms with Gasteiger partial charge in [0.1, 0.15) is 5.82 Å². The lowest BCUT2D eigenvalue weighted by Crippen LogP contribution is -2.44. The molecule has 2 rings (SSSR count). The van der Waals surface area contributed by atoms with Gasteiger partial charge in [-0.2, -0.15) is 0 Å². The first-order chi connectivity index (χ1) is 8.53. The van der Waals surface area contributed by atoms with Gasteiger partial charge in [0.2, 0.25) is 0 Å². The van der Waals surface area contributed by atoms with Gasteiger partial charge < -0.3 is 5.11 Å². The van der Waals surface area contributed by atoms with Crippen LogP contribution in [0, 0.1) is 23.6 Å². The molecule has 1 aromatic carbocycles. The summed E-state index contributed by atoms with van der Waals surface area (Å²) in [7, 11) is 0. The molecule has 1 saturated carbocycles. The quantitative estimate of drug-likeness (QED) is 0.788. The van der Waals surface area contributed by atoms with Crippen molar-refractivity contribution in [3.8, 4) is 0 Å². The summed E-state index contributed by atoms with van der Waals surface area (Å²) in [6, 6.07) is 5.14. The average molecular weight is 264 g/mol. The highest BCUT2D eigenvalue weighted by Gasteiger charge is 2.47. The molecular weight excluding hydrogens is 239 g/mol. The Kier molecular flexibility index (Phi) is 3.29. The highest BCUT2D eigenvalue weighted by molar-refractivity contribution is 5.29. The van der Waals surface area contributed by atoms with Gasteiger partial charge in [0, 0.05) is 0 Å². The summed E-state index contributed by atoms with van der Waals surface area (Å²) in [5.41, 5.74) is 0.563. The molecule has 0 atom stereocenters. The summed E-state index contributed by atoms with van der Waals surface area (Å²) in [4.78, 5) is 0. The van der Waals surface area contributed by atoms with Gasteiger partial charge in [-0.3, -0.25) is 0 Å². The maximum Gasteiger partial charge on any atom is 0.126 e. The average Bonchev–Trinajstić information content (AvgIpc) is 2.16. The summed E-state index contributed by atoms with van der Waals surface area (Å²) in [6.07, 6.45) is 2.45. The predicted molar refractivity (Wildman–Crippen MR) is 76.4 cm³/mol. The van der Waals surface area contributed by atoms with Gasteiger partial charge in [-0.15, -0.1) is 0 Å². The SMILES string of the molecule is Cc1ccc(C2(O)CC(C)(C)CC(C)(C)C2)cc1F. The lowest BCUT2D eigenvalue weighted by Gasteiger charge is -2.49. The number of hydrogen-bond acceptors (Lipinski definition) is 1. The van der Waals surface area contributed by atoms with Crippen LogP contribution in [0.4, 0.5) is 4.39 Å². The number of aryl methyl sites for hydroxylation is 1. The van der Waals surface area contributed by atoms with Crippen LogP contribution < -0.4 is 0 Å². The first-order valence-corrected chi connectivity index (χ1v) is 7.02. The Bertz CT molecular complexity index is 472. The normalized spacial score (nSPS) is 24.2. The minimum atomic E-state index is -0.917. The Morgan fingerprint density at radius 1 is 1.00 bits per heavy atom. The van der Waals surface area contributed by atoms with Crippen LogP contribution in [0.1, 0.15) is 58.1 Å². The molecule has 1 fully saturated rings. The molecule has 0 heterocycles. The van der Waals surface area contributed by atoms with Gasteiger partial charge in [-0.1, -0.05) is 39.8 Å². The van der Waals surface area contributed by atoms with Crippen molar-refractivity contribution in [1.82, 2.24) is 0 Å². The molecule has 0 radical (unpaired) electrons. The van der Waals surface area contributed by atoms with E-state index in [0.29, 0.717) is 18.4 Å². The number of rotatable bonds is 1. The fraction of sp³-hybridized carbons (Fsp3) is 0.647. The third-order valence-electron chi connectivity index (χ3n) is 4.21. The minimum Gasteiger partial charge on any atom is -0.385 e. The van der Waals surface area contributed by atoms with E-state index in [1.807, 2.05) is 6.07 Å². The number of aliphatic hydroxyl groups is 1. The Balaban J connectivity index is 2.43. The van der Waals surface area contributed by atoms with Gasteiger partial charge in [0.05, 0.1) is 5.60 Å². The Morgan fingerprint density at radius 2 is 1.53 bits per heavy atom. The van der Waals surface area contributed by atoms with Gasteiger partial charge in [0.25, 0.3) is 0 Å². The molecule has 1 nitrogen and oxygen atoms in total. The van der Waals surface area contributed by atoms with Gasteiger partial charge in [-0.25, -0.2) is 4.39 Å². The summed E-state index contributed by atoms with van der Waals surface area (Å²) < 4.78 is 13.8. The molecule has 1 N–H and O–H groups in total. The van der Waals surface area contributed by atoms with Crippen molar-refractivity contribution in [3.05, 3.63) is 35.1 Å². The monoisotopic (exact) mass is 264 g/mol. The lowest BCUT2D eigenvalue weighted by molar-refractivity contribution is -0.0914. The molecular formula is C17H25FO. The van der Waals surface area contributed by atoms with Crippen LogP contribution >= 0.6 is 0 Å². The summed E-state index contributed by atoms with van der Waals surface area (Å²) in [5, 5.41) is 11.1. The van der Waals surface area contributed by atoms with Crippen LogP contribution in [0.15, 0.2) is 18.2 Å². The molecule has 19 heavy (non-hydrogen) atoms. The summed E-state index contributed by atoms with van der Waals surface area (Å²) >= 11 is 0. The van der Waals surface area contributed by atoms with Gasteiger partial charge >= 0.3 is 0 Å². The summed E-state index contributed by atoms with van der Waals surface area (Å²) in [6.45, 7) is 10.5. The zero-order valence-corrected chi connectivity index (χ0v) is 12.7. The molecule has 1 aliphatic carbocycles. The largest absolute Gasteiger partial charge is 0.385 e. The molecule has 0 spiro atoms. The molecule has 106 valence electrons. The standard InChI is InChI=1S/C17H25FO/c1-12-6-7-13(8-14(12)18)17(19)10-15(2,3)9-16(4,5)11-17/h6-8,19H,9-11H2,1-5H3. The number of benzene rings is 1. The lowest BCUT2D eigenvalue weighted by atomic mass is 9.58. The highest BCUT2D eigenvalue weighted by Crippen LogP contribution is 2.53. The van der Waals surface area contributed by atoms with Gasteiger partial charge in [-0.05, 0) is 54.2 Å². The van der Waals surface area contributed by atoms with E-state index in [9.17, 15) is 9.50 Å². The molecule has 2 heteroatoms. The van der Waals surface area contributed by atoms with Crippen molar-refractivity contribution in [2.45, 2.75) is 59.5 Å². The Hall–Kier alpha value is -0.890. The fourth-order valence-electron chi connectivity index (χ4n) is 4.15. The second kappa shape index (κ2) is 4.31. The molecule has 0 bridgehead atoms. The molecule has 0 aromatic heterocycles. The molecule has 1 aliphatic rings. The Morgan fingerprint density at radius 3 is 2.00 bits per heavy atom. The van der Waals surface area contributed by atoms with Crippen molar-refractivity contribution >= 4 is 0 Å². The van der Waals surface area contributed by atoms with Crippen LogP contribution in [-0.4, -0.2) is 5.11 Å². The van der Waals surface area contributed by atoms with Crippen molar-refractivity contribution in [2.75, 3.05) is 0 Å². The van der Waals surface area contributed by atoms with Crippen LogP contribution in [0.2, 0.25) is 0 Å². The molecule has 0 unspecified atom stereocenters. The fourth-order valence-corrected chi connectivity index (χ4v) is 4.15. The van der Waals surface area contributed by atoms with E-state index >= 15 is 0 Å². The molecule has 0 saturated heterocycles. The van der Waals surface area contributed by atoms with Crippen molar-refractivity contribution in [2.24, 2.45) is 10.8 Å². The zero-order valence-electron chi connectivity index (χ0n) is 12.7. The minimum absolute atomic E-state index is 0.0673. The maximum atomic E-state index is 13.8. The third kappa shape index (κ3) is 3.00. The predicted octanol–water partition coefficient (Wildman–Crippen LogP) is 4.56. The smallest absolute Gasteiger partial charge is 0.126 e. The second-order valence-corrected chi connectivity index (χ2v) is 7.85. The highest BCUT2D eigenvalue weighted by atomic mass is 19.1. The van der Waals surface area contributed by atoms with E-state index in [1.54, 1.807) is 13.0 Å². The van der Waals surface area contributed by atoms with E-state index in [1.165, 1.54) is 6.07 Å². The van der Waals surface area contributed by atoms with Crippen LogP contribution in [0.5, 0.6) is 0 Å². The molecule has 0 amide bonds. The number of hydrogen-bond donors (Lipinski definition) is 1. The second-order valence-electron chi connectivity index (χ2n) is 7.85. The maximum absolute atomic E-state index is 13.8. The van der Waals surface area contributed by atoms with E-state index in [-0.39, 0.29) is 16.6 Å².